The summed E-state index contributed by atoms with van der Waals surface area (Å²) in [5.41, 5.74) is 0. The first-order chi connectivity index (χ1) is 7.56. The van der Waals surface area contributed by atoms with Crippen LogP contribution < -0.4 is 0 Å². The van der Waals surface area contributed by atoms with Crippen molar-refractivity contribution in [3.8, 4) is 0 Å². The van der Waals surface area contributed by atoms with Gasteiger partial charge in [-0.15, -0.1) is 0 Å². The first kappa shape index (κ1) is 12.5. The van der Waals surface area contributed by atoms with Crippen LogP contribution in [-0.4, -0.2) is 60.4 Å². The summed E-state index contributed by atoms with van der Waals surface area (Å²) < 4.78 is 4.84. The summed E-state index contributed by atoms with van der Waals surface area (Å²) in [6.45, 7) is 4.93. The molecule has 1 fully saturated rings. The Morgan fingerprint density at radius 1 is 1.06 bits per heavy atom. The molecule has 1 heterocycles. The first-order valence-electron chi connectivity index (χ1n) is 5.27. The lowest BCUT2D eigenvalue weighted by Crippen LogP contribution is -2.52. The summed E-state index contributed by atoms with van der Waals surface area (Å²) in [6.07, 6.45) is -0.363. The van der Waals surface area contributed by atoms with E-state index in [2.05, 4.69) is 0 Å². The Kier molecular flexibility index (Phi) is 4.28. The zero-order valence-electron chi connectivity index (χ0n) is 9.56. The zero-order valence-corrected chi connectivity index (χ0v) is 9.56. The zero-order chi connectivity index (χ0) is 12.1. The Morgan fingerprint density at radius 2 is 1.56 bits per heavy atom. The number of hydrogen-bond donors (Lipinski definition) is 0. The van der Waals surface area contributed by atoms with Crippen LogP contribution in [0.1, 0.15) is 13.8 Å². The predicted molar refractivity (Wildman–Crippen MR) is 55.9 cm³/mol. The molecule has 16 heavy (non-hydrogen) atoms. The largest absolute Gasteiger partial charge is 0.450 e. The molecule has 1 aliphatic heterocycles. The fourth-order valence-corrected chi connectivity index (χ4v) is 1.53. The molecular formula is C10H16N2O4. The van der Waals surface area contributed by atoms with Gasteiger partial charge in [-0.1, -0.05) is 0 Å². The molecule has 1 aliphatic rings. The molecule has 2 amide bonds. The van der Waals surface area contributed by atoms with E-state index in [0.717, 1.165) is 0 Å². The molecule has 0 atom stereocenters. The van der Waals surface area contributed by atoms with Crippen LogP contribution in [0, 0.1) is 0 Å². The Labute approximate surface area is 94.1 Å². The number of piperazine rings is 1. The fraction of sp³-hybridized carbons (Fsp3) is 0.700. The van der Waals surface area contributed by atoms with Gasteiger partial charge in [0, 0.05) is 33.1 Å². The minimum atomic E-state index is -0.483. The highest BCUT2D eigenvalue weighted by molar-refractivity contribution is 6.35. The van der Waals surface area contributed by atoms with E-state index in [-0.39, 0.29) is 6.09 Å². The molecule has 0 saturated carbocycles. The third-order valence-electron chi connectivity index (χ3n) is 2.39. The Hall–Kier alpha value is -1.59. The number of Topliss-reactive ketones (excluding diaryl/α,β-unsaturated/α-hetero) is 1. The van der Waals surface area contributed by atoms with Crippen molar-refractivity contribution in [1.82, 2.24) is 9.80 Å². The van der Waals surface area contributed by atoms with Crippen molar-refractivity contribution >= 4 is 17.8 Å². The minimum absolute atomic E-state index is 0.339. The molecule has 0 aliphatic carbocycles. The van der Waals surface area contributed by atoms with Gasteiger partial charge in [0.05, 0.1) is 6.61 Å². The fourth-order valence-electron chi connectivity index (χ4n) is 1.53. The molecule has 1 saturated heterocycles. The second-order valence-electron chi connectivity index (χ2n) is 3.53. The Bertz CT molecular complexity index is 295. The molecule has 90 valence electrons. The van der Waals surface area contributed by atoms with E-state index in [1.807, 2.05) is 0 Å². The summed E-state index contributed by atoms with van der Waals surface area (Å²) in [6, 6.07) is 0. The van der Waals surface area contributed by atoms with Crippen LogP contribution in [0.5, 0.6) is 0 Å². The average molecular weight is 228 g/mol. The van der Waals surface area contributed by atoms with Crippen molar-refractivity contribution in [2.24, 2.45) is 0 Å². The number of hydrogen-bond acceptors (Lipinski definition) is 4. The van der Waals surface area contributed by atoms with Gasteiger partial charge in [-0.05, 0) is 6.92 Å². The maximum Gasteiger partial charge on any atom is 0.409 e. The number of rotatable bonds is 2. The van der Waals surface area contributed by atoms with Crippen LogP contribution in [-0.2, 0) is 14.3 Å². The molecule has 0 N–H and O–H groups in total. The maximum atomic E-state index is 11.3. The van der Waals surface area contributed by atoms with Crippen molar-refractivity contribution < 1.29 is 19.1 Å². The molecule has 0 aromatic heterocycles. The van der Waals surface area contributed by atoms with Gasteiger partial charge in [-0.3, -0.25) is 9.59 Å². The summed E-state index contributed by atoms with van der Waals surface area (Å²) in [5.74, 6) is -0.951. The van der Waals surface area contributed by atoms with Gasteiger partial charge in [0.2, 0.25) is 5.78 Å². The number of ether oxygens (including phenoxy) is 1. The van der Waals surface area contributed by atoms with E-state index in [1.54, 1.807) is 6.92 Å². The molecule has 0 aromatic carbocycles. The lowest BCUT2D eigenvalue weighted by Gasteiger charge is -2.33. The molecular weight excluding hydrogens is 212 g/mol. The topological polar surface area (TPSA) is 66.9 Å². The van der Waals surface area contributed by atoms with Gasteiger partial charge in [0.1, 0.15) is 0 Å². The second-order valence-corrected chi connectivity index (χ2v) is 3.53. The number of nitrogens with zero attached hydrogens (tertiary/aromatic N) is 2. The lowest BCUT2D eigenvalue weighted by atomic mass is 10.3. The van der Waals surface area contributed by atoms with Crippen LogP contribution in [0.25, 0.3) is 0 Å². The number of ketones is 1. The molecule has 0 radical (unpaired) electrons. The molecule has 6 heteroatoms. The van der Waals surface area contributed by atoms with Crippen molar-refractivity contribution in [3.05, 3.63) is 0 Å². The summed E-state index contributed by atoms with van der Waals surface area (Å²) in [5, 5.41) is 0. The highest BCUT2D eigenvalue weighted by Gasteiger charge is 2.26. The predicted octanol–water partition coefficient (Wildman–Crippen LogP) is -0.124. The quantitative estimate of drug-likeness (QED) is 0.618. The van der Waals surface area contributed by atoms with Crippen molar-refractivity contribution in [2.45, 2.75) is 13.8 Å². The van der Waals surface area contributed by atoms with Crippen LogP contribution in [0.4, 0.5) is 4.79 Å². The SMILES string of the molecule is CCOC(=O)N1CCN(C(=O)C(C)=O)CC1. The van der Waals surface area contributed by atoms with Gasteiger partial charge in [0.15, 0.2) is 0 Å². The van der Waals surface area contributed by atoms with Gasteiger partial charge >= 0.3 is 6.09 Å². The first-order valence-corrected chi connectivity index (χ1v) is 5.27. The summed E-state index contributed by atoms with van der Waals surface area (Å²) in [4.78, 5) is 36.5. The van der Waals surface area contributed by atoms with E-state index in [9.17, 15) is 14.4 Å². The summed E-state index contributed by atoms with van der Waals surface area (Å²) >= 11 is 0. The number of carbonyl (C=O) groups is 3. The monoisotopic (exact) mass is 228 g/mol. The summed E-state index contributed by atoms with van der Waals surface area (Å²) in [7, 11) is 0. The van der Waals surface area contributed by atoms with E-state index in [0.29, 0.717) is 32.8 Å². The van der Waals surface area contributed by atoms with Crippen LogP contribution in [0.15, 0.2) is 0 Å². The van der Waals surface area contributed by atoms with Gasteiger partial charge < -0.3 is 14.5 Å². The maximum absolute atomic E-state index is 11.3. The Morgan fingerprint density at radius 3 is 2.00 bits per heavy atom. The minimum Gasteiger partial charge on any atom is -0.450 e. The van der Waals surface area contributed by atoms with Crippen LogP contribution >= 0.6 is 0 Å². The van der Waals surface area contributed by atoms with Crippen LogP contribution in [0.3, 0.4) is 0 Å². The van der Waals surface area contributed by atoms with Gasteiger partial charge in [-0.2, -0.15) is 0 Å². The van der Waals surface area contributed by atoms with E-state index in [4.69, 9.17) is 4.74 Å². The van der Waals surface area contributed by atoms with Crippen molar-refractivity contribution in [1.29, 1.82) is 0 Å². The molecule has 0 spiro atoms. The van der Waals surface area contributed by atoms with Gasteiger partial charge in [-0.25, -0.2) is 4.79 Å². The highest BCUT2D eigenvalue weighted by Crippen LogP contribution is 2.04. The van der Waals surface area contributed by atoms with Crippen molar-refractivity contribution in [2.75, 3.05) is 32.8 Å². The molecule has 0 bridgehead atoms. The van der Waals surface area contributed by atoms with Gasteiger partial charge in [0.25, 0.3) is 5.91 Å². The molecule has 6 nitrogen and oxygen atoms in total. The average Bonchev–Trinajstić information content (AvgIpc) is 2.28. The van der Waals surface area contributed by atoms with Crippen molar-refractivity contribution in [3.63, 3.8) is 0 Å². The molecule has 0 aromatic rings. The van der Waals surface area contributed by atoms with E-state index in [1.165, 1.54) is 16.7 Å². The number of carbonyl (C=O) groups excluding carboxylic acids is 3. The van der Waals surface area contributed by atoms with E-state index < -0.39 is 11.7 Å². The Balaban J connectivity index is 2.42. The second kappa shape index (κ2) is 5.48. The highest BCUT2D eigenvalue weighted by atomic mass is 16.6. The number of amides is 2. The van der Waals surface area contributed by atoms with Crippen LogP contribution in [0.2, 0.25) is 0 Å². The standard InChI is InChI=1S/C10H16N2O4/c1-3-16-10(15)12-6-4-11(5-7-12)9(14)8(2)13/h3-7H2,1-2H3. The molecule has 0 unspecified atom stereocenters. The third kappa shape index (κ3) is 2.95. The van der Waals surface area contributed by atoms with E-state index >= 15 is 0 Å². The third-order valence-corrected chi connectivity index (χ3v) is 2.39. The normalized spacial score (nSPS) is 15.9. The molecule has 1 rings (SSSR count). The lowest BCUT2D eigenvalue weighted by molar-refractivity contribution is -0.144. The smallest absolute Gasteiger partial charge is 0.409 e.